The Balaban J connectivity index is 2.32. The summed E-state index contributed by atoms with van der Waals surface area (Å²) >= 11 is 2.99. The van der Waals surface area contributed by atoms with Crippen LogP contribution in [-0.2, 0) is 4.74 Å². The largest absolute Gasteiger partial charge is 0.465 e. The second-order valence-electron chi connectivity index (χ2n) is 4.50. The van der Waals surface area contributed by atoms with Gasteiger partial charge in [0.1, 0.15) is 9.88 Å². The summed E-state index contributed by atoms with van der Waals surface area (Å²) in [6.07, 6.45) is 3.91. The van der Waals surface area contributed by atoms with Crippen molar-refractivity contribution in [2.24, 2.45) is 5.73 Å². The fourth-order valence-corrected chi connectivity index (χ4v) is 4.32. The zero-order chi connectivity index (χ0) is 14.0. The topological polar surface area (TPSA) is 81.6 Å². The highest BCUT2D eigenvalue weighted by molar-refractivity contribution is 7.99. The smallest absolute Gasteiger partial charge is 0.350 e. The first kappa shape index (κ1) is 14.5. The van der Waals surface area contributed by atoms with Crippen LogP contribution >= 0.6 is 23.1 Å². The summed E-state index contributed by atoms with van der Waals surface area (Å²) in [4.78, 5) is 15.4. The number of nitrogen functional groups attached to an aromatic ring is 1. The lowest BCUT2D eigenvalue weighted by Crippen LogP contribution is -2.39. The van der Waals surface area contributed by atoms with Gasteiger partial charge in [0.25, 0.3) is 0 Å². The predicted octanol–water partition coefficient (Wildman–Crippen LogP) is 1.77. The number of thiophene rings is 1. The number of hydrogen-bond acceptors (Lipinski definition) is 7. The van der Waals surface area contributed by atoms with E-state index < -0.39 is 0 Å². The molecule has 0 unspecified atom stereocenters. The number of thioether (sulfide) groups is 1. The van der Waals surface area contributed by atoms with Crippen molar-refractivity contribution in [3.63, 3.8) is 0 Å². The van der Waals surface area contributed by atoms with E-state index in [0.717, 1.165) is 35.8 Å². The maximum Gasteiger partial charge on any atom is 0.350 e. The average molecular weight is 301 g/mol. The Labute approximate surface area is 121 Å². The van der Waals surface area contributed by atoms with Gasteiger partial charge in [-0.3, -0.25) is 0 Å². The molecule has 2 heterocycles. The number of nitrogens with zero attached hydrogens (tertiary/aromatic N) is 1. The van der Waals surface area contributed by atoms with Crippen LogP contribution in [0.3, 0.4) is 0 Å². The molecule has 0 atom stereocenters. The summed E-state index contributed by atoms with van der Waals surface area (Å²) in [5.74, 6) is -0.363. The van der Waals surface area contributed by atoms with E-state index >= 15 is 0 Å². The van der Waals surface area contributed by atoms with Gasteiger partial charge in [0.15, 0.2) is 0 Å². The van der Waals surface area contributed by atoms with E-state index in [-0.39, 0.29) is 12.0 Å². The standard InChI is InChI=1S/C12H19N3O2S2/c1-17-12(16)10-8(14)9(18-2)11(19-10)15-5-3-7(13)4-6-15/h7H,3-6,13-14H2,1-2H3. The molecule has 5 nitrogen and oxygen atoms in total. The van der Waals surface area contributed by atoms with Crippen molar-refractivity contribution in [1.29, 1.82) is 0 Å². The van der Waals surface area contributed by atoms with Crippen molar-refractivity contribution >= 4 is 39.8 Å². The van der Waals surface area contributed by atoms with Gasteiger partial charge in [-0.05, 0) is 19.1 Å². The van der Waals surface area contributed by atoms with E-state index in [4.69, 9.17) is 16.2 Å². The van der Waals surface area contributed by atoms with E-state index in [9.17, 15) is 4.79 Å². The van der Waals surface area contributed by atoms with Gasteiger partial charge in [-0.1, -0.05) is 0 Å². The minimum atomic E-state index is -0.363. The molecule has 0 aromatic carbocycles. The summed E-state index contributed by atoms with van der Waals surface area (Å²) in [7, 11) is 1.37. The van der Waals surface area contributed by atoms with E-state index in [1.807, 2.05) is 6.26 Å². The van der Waals surface area contributed by atoms with Gasteiger partial charge in [-0.15, -0.1) is 23.1 Å². The zero-order valence-electron chi connectivity index (χ0n) is 11.1. The summed E-state index contributed by atoms with van der Waals surface area (Å²) in [5.41, 5.74) is 12.5. The van der Waals surface area contributed by atoms with Gasteiger partial charge in [0.2, 0.25) is 0 Å². The third kappa shape index (κ3) is 2.82. The number of ether oxygens (including phenoxy) is 1. The highest BCUT2D eigenvalue weighted by Crippen LogP contribution is 2.44. The van der Waals surface area contributed by atoms with Crippen LogP contribution in [0.1, 0.15) is 22.5 Å². The lowest BCUT2D eigenvalue weighted by Gasteiger charge is -2.31. The molecule has 2 rings (SSSR count). The molecule has 1 aromatic rings. The average Bonchev–Trinajstić information content (AvgIpc) is 2.75. The lowest BCUT2D eigenvalue weighted by atomic mass is 10.1. The van der Waals surface area contributed by atoms with Crippen molar-refractivity contribution in [2.75, 3.05) is 37.1 Å². The molecule has 1 aromatic heterocycles. The molecular weight excluding hydrogens is 282 g/mol. The van der Waals surface area contributed by atoms with Crippen molar-refractivity contribution in [3.05, 3.63) is 4.88 Å². The first-order valence-electron chi connectivity index (χ1n) is 6.13. The number of piperidine rings is 1. The normalized spacial score (nSPS) is 16.7. The van der Waals surface area contributed by atoms with Crippen molar-refractivity contribution in [2.45, 2.75) is 23.8 Å². The van der Waals surface area contributed by atoms with E-state index in [1.54, 1.807) is 11.8 Å². The second-order valence-corrected chi connectivity index (χ2v) is 6.31. The molecule has 1 aliphatic heterocycles. The quantitative estimate of drug-likeness (QED) is 0.654. The van der Waals surface area contributed by atoms with Crippen LogP contribution in [0.4, 0.5) is 10.7 Å². The Morgan fingerprint density at radius 1 is 1.47 bits per heavy atom. The number of rotatable bonds is 3. The number of nitrogens with two attached hydrogens (primary N) is 2. The van der Waals surface area contributed by atoms with Crippen LogP contribution in [0, 0.1) is 0 Å². The first-order valence-corrected chi connectivity index (χ1v) is 8.17. The summed E-state index contributed by atoms with van der Waals surface area (Å²) in [6, 6.07) is 0.284. The third-order valence-electron chi connectivity index (χ3n) is 3.28. The fraction of sp³-hybridized carbons (Fsp3) is 0.583. The maximum absolute atomic E-state index is 11.7. The zero-order valence-corrected chi connectivity index (χ0v) is 12.8. The number of carbonyl (C=O) groups is 1. The van der Waals surface area contributed by atoms with Crippen LogP contribution in [0.15, 0.2) is 4.90 Å². The minimum Gasteiger partial charge on any atom is -0.465 e. The van der Waals surface area contributed by atoms with Crippen molar-refractivity contribution < 1.29 is 9.53 Å². The molecule has 106 valence electrons. The van der Waals surface area contributed by atoms with Gasteiger partial charge in [0.05, 0.1) is 17.7 Å². The summed E-state index contributed by atoms with van der Waals surface area (Å²) in [6.45, 7) is 1.82. The van der Waals surface area contributed by atoms with Crippen LogP contribution in [0.25, 0.3) is 0 Å². The monoisotopic (exact) mass is 301 g/mol. The van der Waals surface area contributed by atoms with Crippen LogP contribution < -0.4 is 16.4 Å². The number of anilines is 2. The molecule has 0 radical (unpaired) electrons. The Kier molecular flexibility index (Phi) is 4.59. The minimum absolute atomic E-state index is 0.284. The lowest BCUT2D eigenvalue weighted by molar-refractivity contribution is 0.0607. The molecular formula is C12H19N3O2S2. The van der Waals surface area contributed by atoms with Crippen molar-refractivity contribution in [1.82, 2.24) is 0 Å². The third-order valence-corrected chi connectivity index (χ3v) is 5.48. The molecule has 1 saturated heterocycles. The highest BCUT2D eigenvalue weighted by Gasteiger charge is 2.26. The Bertz CT molecular complexity index is 468. The van der Waals surface area contributed by atoms with E-state index in [2.05, 4.69) is 4.90 Å². The molecule has 0 aliphatic carbocycles. The number of methoxy groups -OCH3 is 1. The molecule has 0 amide bonds. The first-order chi connectivity index (χ1) is 9.08. The van der Waals surface area contributed by atoms with Crippen molar-refractivity contribution in [3.8, 4) is 0 Å². The Morgan fingerprint density at radius 2 is 2.11 bits per heavy atom. The summed E-state index contributed by atoms with van der Waals surface area (Å²) < 4.78 is 4.78. The highest BCUT2D eigenvalue weighted by atomic mass is 32.2. The number of hydrogen-bond donors (Lipinski definition) is 2. The SMILES string of the molecule is COC(=O)c1sc(N2CCC(N)CC2)c(SC)c1N. The summed E-state index contributed by atoms with van der Waals surface area (Å²) in [5, 5.41) is 1.07. The fourth-order valence-electron chi connectivity index (χ4n) is 2.17. The van der Waals surface area contributed by atoms with Gasteiger partial charge < -0.3 is 21.1 Å². The number of esters is 1. The van der Waals surface area contributed by atoms with E-state index in [1.165, 1.54) is 18.4 Å². The Morgan fingerprint density at radius 3 is 2.63 bits per heavy atom. The van der Waals surface area contributed by atoms with Gasteiger partial charge in [-0.25, -0.2) is 4.79 Å². The molecule has 1 aliphatic rings. The Hall–Kier alpha value is -0.920. The molecule has 0 bridgehead atoms. The van der Waals surface area contributed by atoms with Gasteiger partial charge in [0, 0.05) is 19.1 Å². The molecule has 19 heavy (non-hydrogen) atoms. The molecule has 7 heteroatoms. The van der Waals surface area contributed by atoms with Gasteiger partial charge in [-0.2, -0.15) is 0 Å². The predicted molar refractivity (Wildman–Crippen MR) is 81.3 cm³/mol. The van der Waals surface area contributed by atoms with Gasteiger partial charge >= 0.3 is 5.97 Å². The maximum atomic E-state index is 11.7. The molecule has 0 spiro atoms. The molecule has 1 fully saturated rings. The number of carbonyl (C=O) groups excluding carboxylic acids is 1. The van der Waals surface area contributed by atoms with Crippen LogP contribution in [0.2, 0.25) is 0 Å². The molecule has 4 N–H and O–H groups in total. The molecule has 0 saturated carbocycles. The van der Waals surface area contributed by atoms with Crippen LogP contribution in [0.5, 0.6) is 0 Å². The van der Waals surface area contributed by atoms with Crippen LogP contribution in [-0.4, -0.2) is 38.5 Å². The second kappa shape index (κ2) is 6.02. The van der Waals surface area contributed by atoms with E-state index in [0.29, 0.717) is 10.6 Å².